The van der Waals surface area contributed by atoms with Crippen LogP contribution in [0.5, 0.6) is 0 Å². The van der Waals surface area contributed by atoms with E-state index in [9.17, 15) is 4.79 Å². The molecule has 128 valence electrons. The lowest BCUT2D eigenvalue weighted by Gasteiger charge is -2.23. The van der Waals surface area contributed by atoms with Crippen molar-refractivity contribution in [1.82, 2.24) is 15.1 Å². The second kappa shape index (κ2) is 6.77. The van der Waals surface area contributed by atoms with E-state index in [2.05, 4.69) is 42.6 Å². The second-order valence-electron chi connectivity index (χ2n) is 7.43. The van der Waals surface area contributed by atoms with Gasteiger partial charge in [0.15, 0.2) is 5.69 Å². The van der Waals surface area contributed by atoms with Gasteiger partial charge in [-0.25, -0.2) is 0 Å². The Labute approximate surface area is 143 Å². The van der Waals surface area contributed by atoms with Gasteiger partial charge in [-0.1, -0.05) is 39.0 Å². The lowest BCUT2D eigenvalue weighted by atomic mass is 9.86. The van der Waals surface area contributed by atoms with Crippen LogP contribution in [0.4, 0.5) is 5.69 Å². The Balaban J connectivity index is 1.75. The molecule has 1 amide bonds. The number of hydrogen-bond acceptors (Lipinski definition) is 3. The Morgan fingerprint density at radius 2 is 2.08 bits per heavy atom. The smallest absolute Gasteiger partial charge is 0.276 e. The van der Waals surface area contributed by atoms with E-state index in [4.69, 9.17) is 0 Å². The van der Waals surface area contributed by atoms with Crippen LogP contribution in [-0.4, -0.2) is 28.8 Å². The average Bonchev–Trinajstić information content (AvgIpc) is 3.05. The monoisotopic (exact) mass is 326 g/mol. The third kappa shape index (κ3) is 3.67. The maximum atomic E-state index is 12.6. The minimum absolute atomic E-state index is 0.0308. The first-order valence-corrected chi connectivity index (χ1v) is 8.62. The average molecular weight is 326 g/mol. The highest BCUT2D eigenvalue weighted by molar-refractivity contribution is 6.03. The fourth-order valence-corrected chi connectivity index (χ4v) is 3.15. The van der Waals surface area contributed by atoms with E-state index in [0.29, 0.717) is 11.7 Å². The van der Waals surface area contributed by atoms with E-state index in [-0.39, 0.29) is 11.3 Å². The Hall–Kier alpha value is -2.14. The number of piperidine rings is 1. The topological polar surface area (TPSA) is 59.0 Å². The first-order valence-electron chi connectivity index (χ1n) is 8.62. The van der Waals surface area contributed by atoms with Gasteiger partial charge in [-0.15, -0.1) is 0 Å². The number of anilines is 1. The molecular formula is C19H26N4O. The van der Waals surface area contributed by atoms with Crippen LogP contribution >= 0.6 is 0 Å². The molecule has 1 saturated heterocycles. The van der Waals surface area contributed by atoms with E-state index >= 15 is 0 Å². The third-order valence-corrected chi connectivity index (χ3v) is 4.47. The molecule has 0 bridgehead atoms. The molecule has 5 nitrogen and oxygen atoms in total. The van der Waals surface area contributed by atoms with Crippen LogP contribution in [0, 0.1) is 0 Å². The van der Waals surface area contributed by atoms with Crippen molar-refractivity contribution in [1.29, 1.82) is 0 Å². The van der Waals surface area contributed by atoms with Crippen LogP contribution in [0.1, 0.15) is 55.7 Å². The molecule has 1 atom stereocenters. The van der Waals surface area contributed by atoms with Gasteiger partial charge in [0.2, 0.25) is 0 Å². The van der Waals surface area contributed by atoms with Crippen LogP contribution in [0.2, 0.25) is 0 Å². The van der Waals surface area contributed by atoms with Gasteiger partial charge in [0.05, 0.1) is 6.04 Å². The summed E-state index contributed by atoms with van der Waals surface area (Å²) in [5, 5.41) is 10.9. The van der Waals surface area contributed by atoms with Crippen molar-refractivity contribution in [3.63, 3.8) is 0 Å². The highest BCUT2D eigenvalue weighted by atomic mass is 16.1. The van der Waals surface area contributed by atoms with Gasteiger partial charge in [-0.2, -0.15) is 5.10 Å². The van der Waals surface area contributed by atoms with Crippen molar-refractivity contribution < 1.29 is 4.79 Å². The highest BCUT2D eigenvalue weighted by Gasteiger charge is 2.21. The molecule has 0 aliphatic carbocycles. The summed E-state index contributed by atoms with van der Waals surface area (Å²) in [7, 11) is 0. The number of rotatable bonds is 3. The molecule has 1 aliphatic heterocycles. The lowest BCUT2D eigenvalue weighted by Crippen LogP contribution is -2.32. The first-order chi connectivity index (χ1) is 11.4. The first kappa shape index (κ1) is 16.7. The van der Waals surface area contributed by atoms with Crippen LogP contribution in [0.25, 0.3) is 0 Å². The molecule has 3 rings (SSSR count). The zero-order chi connectivity index (χ0) is 17.2. The molecule has 1 aromatic heterocycles. The summed E-state index contributed by atoms with van der Waals surface area (Å²) >= 11 is 0. The molecule has 1 aliphatic rings. The van der Waals surface area contributed by atoms with Gasteiger partial charge in [-0.05, 0) is 42.5 Å². The minimum Gasteiger partial charge on any atom is -0.320 e. The van der Waals surface area contributed by atoms with Crippen molar-refractivity contribution in [3.05, 3.63) is 47.8 Å². The summed E-state index contributed by atoms with van der Waals surface area (Å²) in [5.74, 6) is -0.158. The van der Waals surface area contributed by atoms with Crippen molar-refractivity contribution in [3.8, 4) is 0 Å². The highest BCUT2D eigenvalue weighted by Crippen LogP contribution is 2.29. The number of carbonyl (C=O) groups excluding carboxylic acids is 1. The van der Waals surface area contributed by atoms with Gasteiger partial charge in [0, 0.05) is 18.4 Å². The Kier molecular flexibility index (Phi) is 4.71. The van der Waals surface area contributed by atoms with Crippen molar-refractivity contribution in [2.24, 2.45) is 0 Å². The number of nitrogens with zero attached hydrogens (tertiary/aromatic N) is 2. The predicted molar refractivity (Wildman–Crippen MR) is 96.5 cm³/mol. The molecule has 5 heteroatoms. The Morgan fingerprint density at radius 1 is 1.29 bits per heavy atom. The van der Waals surface area contributed by atoms with Gasteiger partial charge in [0.1, 0.15) is 0 Å². The number of carbonyl (C=O) groups is 1. The number of para-hydroxylation sites is 1. The molecule has 1 aromatic carbocycles. The van der Waals surface area contributed by atoms with Gasteiger partial charge >= 0.3 is 0 Å². The maximum absolute atomic E-state index is 12.6. The molecule has 1 fully saturated rings. The molecule has 2 aromatic rings. The summed E-state index contributed by atoms with van der Waals surface area (Å²) in [6, 6.07) is 10.1. The second-order valence-corrected chi connectivity index (χ2v) is 7.43. The number of benzene rings is 1. The minimum atomic E-state index is -0.158. The zero-order valence-corrected chi connectivity index (χ0v) is 14.7. The van der Waals surface area contributed by atoms with E-state index in [1.54, 1.807) is 6.07 Å². The van der Waals surface area contributed by atoms with Crippen molar-refractivity contribution >= 4 is 11.6 Å². The van der Waals surface area contributed by atoms with E-state index < -0.39 is 0 Å². The fraction of sp³-hybridized carbons (Fsp3) is 0.474. The molecule has 24 heavy (non-hydrogen) atoms. The van der Waals surface area contributed by atoms with Crippen LogP contribution in [-0.2, 0) is 5.41 Å². The SMILES string of the molecule is CC(C)(C)c1ccccc1NC(=O)c1ccn(C2CCCNC2)n1. The van der Waals surface area contributed by atoms with Crippen LogP contribution < -0.4 is 10.6 Å². The molecular weight excluding hydrogens is 300 g/mol. The summed E-state index contributed by atoms with van der Waals surface area (Å²) in [4.78, 5) is 12.6. The molecule has 1 unspecified atom stereocenters. The Bertz CT molecular complexity index is 708. The molecule has 2 N–H and O–H groups in total. The van der Waals surface area contributed by atoms with Crippen molar-refractivity contribution in [2.75, 3.05) is 18.4 Å². The lowest BCUT2D eigenvalue weighted by molar-refractivity contribution is 0.102. The number of aromatic nitrogens is 2. The molecule has 0 spiro atoms. The van der Waals surface area contributed by atoms with Gasteiger partial charge in [-0.3, -0.25) is 9.48 Å². The normalized spacial score (nSPS) is 18.4. The number of nitrogens with one attached hydrogen (secondary N) is 2. The maximum Gasteiger partial charge on any atom is 0.276 e. The summed E-state index contributed by atoms with van der Waals surface area (Å²) in [6.45, 7) is 8.40. The van der Waals surface area contributed by atoms with Crippen molar-refractivity contribution in [2.45, 2.75) is 45.1 Å². The molecule has 2 heterocycles. The summed E-state index contributed by atoms with van der Waals surface area (Å²) < 4.78 is 1.91. The van der Waals surface area contributed by atoms with E-state index in [1.165, 1.54) is 0 Å². The number of hydrogen-bond donors (Lipinski definition) is 2. The van der Waals surface area contributed by atoms with Crippen LogP contribution in [0.15, 0.2) is 36.5 Å². The number of amides is 1. The summed E-state index contributed by atoms with van der Waals surface area (Å²) in [6.07, 6.45) is 4.15. The van der Waals surface area contributed by atoms with Crippen LogP contribution in [0.3, 0.4) is 0 Å². The standard InChI is InChI=1S/C19H26N4O/c1-19(2,3)15-8-4-5-9-16(15)21-18(24)17-10-12-23(22-17)14-7-6-11-20-13-14/h4-5,8-10,12,14,20H,6-7,11,13H2,1-3H3,(H,21,24). The summed E-state index contributed by atoms with van der Waals surface area (Å²) in [5.41, 5.74) is 2.40. The largest absolute Gasteiger partial charge is 0.320 e. The van der Waals surface area contributed by atoms with E-state index in [1.807, 2.05) is 29.1 Å². The third-order valence-electron chi connectivity index (χ3n) is 4.47. The quantitative estimate of drug-likeness (QED) is 0.909. The zero-order valence-electron chi connectivity index (χ0n) is 14.7. The van der Waals surface area contributed by atoms with E-state index in [0.717, 1.165) is 37.2 Å². The fourth-order valence-electron chi connectivity index (χ4n) is 3.15. The molecule has 0 saturated carbocycles. The predicted octanol–water partition coefficient (Wildman–Crippen LogP) is 3.36. The van der Waals surface area contributed by atoms with Gasteiger partial charge in [0.25, 0.3) is 5.91 Å². The Morgan fingerprint density at radius 3 is 2.79 bits per heavy atom. The molecule has 0 radical (unpaired) electrons. The van der Waals surface area contributed by atoms with Gasteiger partial charge < -0.3 is 10.6 Å².